The first-order chi connectivity index (χ1) is 8.51. The molecule has 0 aliphatic carbocycles. The van der Waals surface area contributed by atoms with E-state index in [0.29, 0.717) is 6.42 Å². The zero-order valence-electron chi connectivity index (χ0n) is 10.2. The minimum Gasteiger partial charge on any atom is -0.493 e. The Hall–Kier alpha value is -2.24. The Morgan fingerprint density at radius 3 is 2.56 bits per heavy atom. The Morgan fingerprint density at radius 2 is 2.11 bits per heavy atom. The van der Waals surface area contributed by atoms with Crippen LogP contribution in [0.3, 0.4) is 0 Å². The molecule has 0 aliphatic heterocycles. The number of aromatic carboxylic acids is 1. The number of methoxy groups -OCH3 is 1. The summed E-state index contributed by atoms with van der Waals surface area (Å²) in [6, 6.07) is 4.45. The molecule has 6 heteroatoms. The van der Waals surface area contributed by atoms with Crippen molar-refractivity contribution in [2.45, 2.75) is 19.4 Å². The van der Waals surface area contributed by atoms with Crippen molar-refractivity contribution >= 4 is 11.9 Å². The second-order valence-corrected chi connectivity index (χ2v) is 3.56. The van der Waals surface area contributed by atoms with Crippen molar-refractivity contribution in [2.24, 2.45) is 5.73 Å². The third-order valence-electron chi connectivity index (χ3n) is 2.38. The lowest BCUT2D eigenvalue weighted by molar-refractivity contribution is -0.124. The van der Waals surface area contributed by atoms with Gasteiger partial charge in [0.05, 0.1) is 7.11 Å². The van der Waals surface area contributed by atoms with Crippen LogP contribution in [0.25, 0.3) is 0 Å². The van der Waals surface area contributed by atoms with E-state index in [1.807, 2.05) is 0 Å². The number of benzene rings is 1. The van der Waals surface area contributed by atoms with Crippen molar-refractivity contribution in [3.63, 3.8) is 0 Å². The SMILES string of the molecule is CCC(Oc1c(OC)cccc1C(=O)O)C(N)=O. The molecule has 0 aromatic heterocycles. The van der Waals surface area contributed by atoms with Crippen molar-refractivity contribution in [2.75, 3.05) is 7.11 Å². The standard InChI is InChI=1S/C12H15NO5/c1-3-8(11(13)14)18-10-7(12(15)16)5-4-6-9(10)17-2/h4-6,8H,3H2,1-2H3,(H2,13,14)(H,15,16). The predicted octanol–water partition coefficient (Wildman–Crippen LogP) is 1.04. The molecule has 1 atom stereocenters. The van der Waals surface area contributed by atoms with E-state index in [4.69, 9.17) is 20.3 Å². The van der Waals surface area contributed by atoms with Gasteiger partial charge in [0, 0.05) is 0 Å². The summed E-state index contributed by atoms with van der Waals surface area (Å²) in [5.41, 5.74) is 5.09. The zero-order chi connectivity index (χ0) is 13.7. The summed E-state index contributed by atoms with van der Waals surface area (Å²) in [5, 5.41) is 9.06. The molecule has 0 spiro atoms. The highest BCUT2D eigenvalue weighted by Crippen LogP contribution is 2.32. The van der Waals surface area contributed by atoms with E-state index in [1.54, 1.807) is 13.0 Å². The number of nitrogens with two attached hydrogens (primary N) is 1. The van der Waals surface area contributed by atoms with Crippen molar-refractivity contribution in [1.82, 2.24) is 0 Å². The number of amides is 1. The molecule has 1 aromatic carbocycles. The van der Waals surface area contributed by atoms with E-state index in [2.05, 4.69) is 0 Å². The van der Waals surface area contributed by atoms with Crippen LogP contribution in [0.4, 0.5) is 0 Å². The van der Waals surface area contributed by atoms with Crippen molar-refractivity contribution < 1.29 is 24.2 Å². The molecular formula is C12H15NO5. The van der Waals surface area contributed by atoms with Gasteiger partial charge in [-0.25, -0.2) is 4.79 Å². The maximum atomic E-state index is 11.1. The van der Waals surface area contributed by atoms with Gasteiger partial charge in [0.25, 0.3) is 5.91 Å². The predicted molar refractivity (Wildman–Crippen MR) is 63.9 cm³/mol. The lowest BCUT2D eigenvalue weighted by Gasteiger charge is -2.18. The van der Waals surface area contributed by atoms with Crippen LogP contribution in [0.2, 0.25) is 0 Å². The third-order valence-corrected chi connectivity index (χ3v) is 2.38. The molecule has 0 heterocycles. The Balaban J connectivity index is 3.19. The molecule has 0 saturated carbocycles. The van der Waals surface area contributed by atoms with E-state index in [-0.39, 0.29) is 17.1 Å². The van der Waals surface area contributed by atoms with Gasteiger partial charge in [0.1, 0.15) is 5.56 Å². The highest BCUT2D eigenvalue weighted by molar-refractivity contribution is 5.92. The number of ether oxygens (including phenoxy) is 2. The maximum Gasteiger partial charge on any atom is 0.339 e. The quantitative estimate of drug-likeness (QED) is 0.789. The first-order valence-corrected chi connectivity index (χ1v) is 5.37. The summed E-state index contributed by atoms with van der Waals surface area (Å²) in [6.07, 6.45) is -0.550. The van der Waals surface area contributed by atoms with Crippen molar-refractivity contribution in [1.29, 1.82) is 0 Å². The molecule has 3 N–H and O–H groups in total. The number of carbonyl (C=O) groups is 2. The Kier molecular flexibility index (Phi) is 4.53. The van der Waals surface area contributed by atoms with E-state index >= 15 is 0 Å². The summed E-state index contributed by atoms with van der Waals surface area (Å²) < 4.78 is 10.4. The lowest BCUT2D eigenvalue weighted by Crippen LogP contribution is -2.33. The fourth-order valence-corrected chi connectivity index (χ4v) is 1.45. The monoisotopic (exact) mass is 253 g/mol. The number of para-hydroxylation sites is 1. The molecule has 18 heavy (non-hydrogen) atoms. The molecule has 0 aliphatic rings. The molecule has 6 nitrogen and oxygen atoms in total. The van der Waals surface area contributed by atoms with Gasteiger partial charge in [-0.3, -0.25) is 4.79 Å². The molecule has 98 valence electrons. The molecule has 0 saturated heterocycles. The van der Waals surface area contributed by atoms with E-state index in [1.165, 1.54) is 19.2 Å². The van der Waals surface area contributed by atoms with E-state index in [0.717, 1.165) is 0 Å². The molecule has 0 radical (unpaired) electrons. The summed E-state index contributed by atoms with van der Waals surface area (Å²) in [6.45, 7) is 1.71. The van der Waals surface area contributed by atoms with Crippen LogP contribution in [0.1, 0.15) is 23.7 Å². The summed E-state index contributed by atoms with van der Waals surface area (Å²) >= 11 is 0. The fourth-order valence-electron chi connectivity index (χ4n) is 1.45. The van der Waals surface area contributed by atoms with Gasteiger partial charge < -0.3 is 20.3 Å². The van der Waals surface area contributed by atoms with Crippen LogP contribution in [0, 0.1) is 0 Å². The molecule has 0 bridgehead atoms. The van der Waals surface area contributed by atoms with Crippen LogP contribution in [0.5, 0.6) is 11.5 Å². The van der Waals surface area contributed by atoms with Crippen molar-refractivity contribution in [3.8, 4) is 11.5 Å². The van der Waals surface area contributed by atoms with Crippen LogP contribution in [-0.2, 0) is 4.79 Å². The maximum absolute atomic E-state index is 11.1. The van der Waals surface area contributed by atoms with Crippen molar-refractivity contribution in [3.05, 3.63) is 23.8 Å². The van der Waals surface area contributed by atoms with Gasteiger partial charge in [-0.2, -0.15) is 0 Å². The average molecular weight is 253 g/mol. The van der Waals surface area contributed by atoms with Crippen LogP contribution in [0.15, 0.2) is 18.2 Å². The van der Waals surface area contributed by atoms with Crippen LogP contribution in [-0.4, -0.2) is 30.2 Å². The van der Waals surface area contributed by atoms with Gasteiger partial charge in [-0.15, -0.1) is 0 Å². The number of carboxylic acids is 1. The molecule has 1 rings (SSSR count). The van der Waals surface area contributed by atoms with E-state index < -0.39 is 18.0 Å². The Labute approximate surface area is 104 Å². The molecule has 1 aromatic rings. The highest BCUT2D eigenvalue weighted by atomic mass is 16.5. The minimum atomic E-state index is -1.16. The number of carbonyl (C=O) groups excluding carboxylic acids is 1. The number of hydrogen-bond donors (Lipinski definition) is 2. The fraction of sp³-hybridized carbons (Fsp3) is 0.333. The third kappa shape index (κ3) is 2.91. The number of primary amides is 1. The summed E-state index contributed by atoms with van der Waals surface area (Å²) in [7, 11) is 1.39. The van der Waals surface area contributed by atoms with Gasteiger partial charge in [-0.05, 0) is 18.6 Å². The number of rotatable bonds is 6. The Bertz CT molecular complexity index is 458. The lowest BCUT2D eigenvalue weighted by atomic mass is 10.1. The highest BCUT2D eigenvalue weighted by Gasteiger charge is 2.22. The van der Waals surface area contributed by atoms with Crippen LogP contribution < -0.4 is 15.2 Å². The number of hydrogen-bond acceptors (Lipinski definition) is 4. The molecule has 0 fully saturated rings. The topological polar surface area (TPSA) is 98.8 Å². The Morgan fingerprint density at radius 1 is 1.44 bits per heavy atom. The zero-order valence-corrected chi connectivity index (χ0v) is 10.2. The van der Waals surface area contributed by atoms with E-state index in [9.17, 15) is 9.59 Å². The molecule has 1 unspecified atom stereocenters. The van der Waals surface area contributed by atoms with Crippen LogP contribution >= 0.6 is 0 Å². The smallest absolute Gasteiger partial charge is 0.339 e. The number of carboxylic acid groups (broad SMARTS) is 1. The van der Waals surface area contributed by atoms with Gasteiger partial charge >= 0.3 is 5.97 Å². The minimum absolute atomic E-state index is 0.0122. The average Bonchev–Trinajstić information content (AvgIpc) is 2.34. The normalized spacial score (nSPS) is 11.7. The molecular weight excluding hydrogens is 238 g/mol. The summed E-state index contributed by atoms with van der Waals surface area (Å²) in [4.78, 5) is 22.2. The summed E-state index contributed by atoms with van der Waals surface area (Å²) in [5.74, 6) is -1.56. The largest absolute Gasteiger partial charge is 0.493 e. The first kappa shape index (κ1) is 13.8. The second-order valence-electron chi connectivity index (χ2n) is 3.56. The van der Waals surface area contributed by atoms with Gasteiger partial charge in [-0.1, -0.05) is 13.0 Å². The second kappa shape index (κ2) is 5.90. The van der Waals surface area contributed by atoms with Gasteiger partial charge in [0.15, 0.2) is 17.6 Å². The molecule has 1 amide bonds. The first-order valence-electron chi connectivity index (χ1n) is 5.37. The van der Waals surface area contributed by atoms with Gasteiger partial charge in [0.2, 0.25) is 0 Å².